The molecule has 2 atom stereocenters. The zero-order valence-electron chi connectivity index (χ0n) is 23.2. The van der Waals surface area contributed by atoms with E-state index in [9.17, 15) is 14.4 Å². The molecule has 0 saturated carbocycles. The van der Waals surface area contributed by atoms with Crippen LogP contribution in [0.4, 0.5) is 5.69 Å². The van der Waals surface area contributed by atoms with Crippen molar-refractivity contribution < 1.29 is 19.1 Å². The van der Waals surface area contributed by atoms with Crippen molar-refractivity contribution in [1.82, 2.24) is 0 Å². The van der Waals surface area contributed by atoms with Gasteiger partial charge in [0.25, 0.3) is 0 Å². The van der Waals surface area contributed by atoms with Gasteiger partial charge < -0.3 is 4.74 Å². The van der Waals surface area contributed by atoms with Crippen molar-refractivity contribution >= 4 is 23.5 Å². The summed E-state index contributed by atoms with van der Waals surface area (Å²) in [4.78, 5) is 41.7. The number of anilines is 1. The molecule has 1 fully saturated rings. The molecule has 40 heavy (non-hydrogen) atoms. The largest absolute Gasteiger partial charge is 0.462 e. The molecule has 1 saturated heterocycles. The molecule has 5 heteroatoms. The van der Waals surface area contributed by atoms with E-state index < -0.39 is 11.8 Å². The topological polar surface area (TPSA) is 63.7 Å². The lowest BCUT2D eigenvalue weighted by atomic mass is 9.55. The van der Waals surface area contributed by atoms with E-state index in [2.05, 4.69) is 31.2 Å². The summed E-state index contributed by atoms with van der Waals surface area (Å²) in [6.07, 6.45) is 9.50. The molecule has 3 aromatic carbocycles. The maximum atomic E-state index is 13.9. The summed E-state index contributed by atoms with van der Waals surface area (Å²) >= 11 is 0. The molecular formula is C35H37NO4. The summed E-state index contributed by atoms with van der Waals surface area (Å²) in [6.45, 7) is 2.63. The zero-order valence-corrected chi connectivity index (χ0v) is 23.2. The number of rotatable bonds is 11. The average molecular weight is 536 g/mol. The summed E-state index contributed by atoms with van der Waals surface area (Å²) in [5, 5.41) is 0. The fourth-order valence-electron chi connectivity index (χ4n) is 7.16. The highest BCUT2D eigenvalue weighted by molar-refractivity contribution is 6.23. The highest BCUT2D eigenvalue weighted by Gasteiger charge is 2.61. The van der Waals surface area contributed by atoms with Crippen LogP contribution in [0.5, 0.6) is 0 Å². The first kappa shape index (κ1) is 26.5. The minimum absolute atomic E-state index is 0.130. The van der Waals surface area contributed by atoms with Crippen LogP contribution in [0.3, 0.4) is 0 Å². The Bertz CT molecular complexity index is 1300. The van der Waals surface area contributed by atoms with E-state index in [0.29, 0.717) is 17.9 Å². The van der Waals surface area contributed by atoms with Gasteiger partial charge in [-0.15, -0.1) is 0 Å². The Hall–Kier alpha value is -3.73. The maximum Gasteiger partial charge on any atom is 0.338 e. The number of amides is 2. The van der Waals surface area contributed by atoms with E-state index in [1.807, 2.05) is 24.3 Å². The van der Waals surface area contributed by atoms with E-state index >= 15 is 0 Å². The van der Waals surface area contributed by atoms with Gasteiger partial charge in [-0.05, 0) is 52.9 Å². The predicted molar refractivity (Wildman–Crippen MR) is 155 cm³/mol. The van der Waals surface area contributed by atoms with Gasteiger partial charge in [0, 0.05) is 11.8 Å². The van der Waals surface area contributed by atoms with Gasteiger partial charge in [-0.25, -0.2) is 9.69 Å². The zero-order chi connectivity index (χ0) is 27.6. The molecule has 3 aliphatic carbocycles. The van der Waals surface area contributed by atoms with Crippen LogP contribution in [0.25, 0.3) is 0 Å². The molecule has 1 heterocycles. The SMILES string of the molecule is CCCCCCCCCCOC(=O)c1ccc(N2C(=O)[C@H]3C4c5ccccc5C(c5ccccc54)[C@@H]3C2=O)cc1. The number of nitrogens with zero attached hydrogens (tertiary/aromatic N) is 1. The Morgan fingerprint density at radius 1 is 0.650 bits per heavy atom. The maximum absolute atomic E-state index is 13.9. The van der Waals surface area contributed by atoms with E-state index in [1.165, 1.54) is 43.4 Å². The lowest BCUT2D eigenvalue weighted by molar-refractivity contribution is -0.122. The third kappa shape index (κ3) is 4.55. The fraction of sp³-hybridized carbons (Fsp3) is 0.400. The number of benzene rings is 3. The van der Waals surface area contributed by atoms with Crippen molar-refractivity contribution in [2.75, 3.05) is 11.5 Å². The Kier molecular flexibility index (Phi) is 7.55. The molecule has 0 unspecified atom stereocenters. The second-order valence-corrected chi connectivity index (χ2v) is 11.4. The van der Waals surface area contributed by atoms with Gasteiger partial charge in [-0.1, -0.05) is 100 Å². The first-order valence-corrected chi connectivity index (χ1v) is 14.9. The van der Waals surface area contributed by atoms with Crippen LogP contribution in [0.1, 0.15) is 103 Å². The number of unbranched alkanes of at least 4 members (excludes halogenated alkanes) is 7. The smallest absolute Gasteiger partial charge is 0.338 e. The Labute approximate surface area is 236 Å². The summed E-state index contributed by atoms with van der Waals surface area (Å²) in [7, 11) is 0. The first-order chi connectivity index (χ1) is 19.6. The van der Waals surface area contributed by atoms with E-state index in [0.717, 1.165) is 35.1 Å². The van der Waals surface area contributed by atoms with E-state index in [1.54, 1.807) is 24.3 Å². The molecule has 0 radical (unpaired) electrons. The van der Waals surface area contributed by atoms with E-state index in [-0.39, 0.29) is 29.6 Å². The van der Waals surface area contributed by atoms with Gasteiger partial charge in [0.05, 0.1) is 29.7 Å². The van der Waals surface area contributed by atoms with Gasteiger partial charge in [0.2, 0.25) is 11.8 Å². The minimum atomic E-state index is -0.418. The molecule has 206 valence electrons. The first-order valence-electron chi connectivity index (χ1n) is 14.9. The molecule has 5 nitrogen and oxygen atoms in total. The fourth-order valence-corrected chi connectivity index (χ4v) is 7.16. The van der Waals surface area contributed by atoms with Gasteiger partial charge in [0.1, 0.15) is 0 Å². The summed E-state index contributed by atoms with van der Waals surface area (Å²) in [6, 6.07) is 23.2. The molecule has 3 aromatic rings. The number of carbonyl (C=O) groups is 3. The quantitative estimate of drug-likeness (QED) is 0.146. The molecule has 2 amide bonds. The van der Waals surface area contributed by atoms with Crippen LogP contribution in [-0.2, 0) is 14.3 Å². The Balaban J connectivity index is 1.12. The standard InChI is InChI=1S/C35H37NO4/c1-2-3-4-5-6-7-8-13-22-40-35(39)23-18-20-24(21-19-23)36-33(37)31-29-25-14-9-10-15-26(25)30(32(31)34(36)38)28-17-12-11-16-27(28)29/h9-12,14-21,29-32H,2-8,13,22H2,1H3/t29?,30?,31-,32-/m0/s1. The number of ether oxygens (including phenoxy) is 1. The number of esters is 1. The van der Waals surface area contributed by atoms with Crippen LogP contribution >= 0.6 is 0 Å². The normalized spacial score (nSPS) is 22.2. The number of hydrogen-bond donors (Lipinski definition) is 0. The van der Waals surface area contributed by atoms with Crippen LogP contribution in [0, 0.1) is 11.8 Å². The Morgan fingerprint density at radius 3 is 1.57 bits per heavy atom. The van der Waals surface area contributed by atoms with Crippen molar-refractivity contribution in [1.29, 1.82) is 0 Å². The Morgan fingerprint density at radius 2 is 1.10 bits per heavy atom. The summed E-state index contributed by atoms with van der Waals surface area (Å²) in [5.41, 5.74) is 5.57. The molecule has 1 aliphatic heterocycles. The lowest BCUT2D eigenvalue weighted by Crippen LogP contribution is -2.41. The van der Waals surface area contributed by atoms with Crippen LogP contribution in [0.2, 0.25) is 0 Å². The van der Waals surface area contributed by atoms with Crippen molar-refractivity contribution in [3.63, 3.8) is 0 Å². The lowest BCUT2D eigenvalue weighted by Gasteiger charge is -2.45. The number of imide groups is 1. The summed E-state index contributed by atoms with van der Waals surface area (Å²) in [5.74, 6) is -1.77. The van der Waals surface area contributed by atoms with Crippen LogP contribution in [-0.4, -0.2) is 24.4 Å². The molecule has 7 rings (SSSR count). The second kappa shape index (κ2) is 11.4. The molecule has 0 aromatic heterocycles. The predicted octanol–water partition coefficient (Wildman–Crippen LogP) is 7.38. The molecular weight excluding hydrogens is 498 g/mol. The van der Waals surface area contributed by atoms with Gasteiger partial charge in [-0.3, -0.25) is 9.59 Å². The third-order valence-corrected chi connectivity index (χ3v) is 9.04. The van der Waals surface area contributed by atoms with Crippen LogP contribution < -0.4 is 4.90 Å². The van der Waals surface area contributed by atoms with Crippen molar-refractivity contribution in [3.05, 3.63) is 101 Å². The van der Waals surface area contributed by atoms with Gasteiger partial charge in [0.15, 0.2) is 0 Å². The van der Waals surface area contributed by atoms with Gasteiger partial charge in [-0.2, -0.15) is 0 Å². The minimum Gasteiger partial charge on any atom is -0.462 e. The molecule has 4 aliphatic rings. The number of hydrogen-bond acceptors (Lipinski definition) is 4. The third-order valence-electron chi connectivity index (χ3n) is 9.04. The number of carbonyl (C=O) groups excluding carboxylic acids is 3. The highest BCUT2D eigenvalue weighted by Crippen LogP contribution is 2.61. The molecule has 2 bridgehead atoms. The van der Waals surface area contributed by atoms with Crippen molar-refractivity contribution in [2.45, 2.75) is 70.1 Å². The van der Waals surface area contributed by atoms with Gasteiger partial charge >= 0.3 is 5.97 Å². The van der Waals surface area contributed by atoms with Crippen molar-refractivity contribution in [2.24, 2.45) is 11.8 Å². The van der Waals surface area contributed by atoms with Crippen LogP contribution in [0.15, 0.2) is 72.8 Å². The second-order valence-electron chi connectivity index (χ2n) is 11.4. The molecule has 0 spiro atoms. The van der Waals surface area contributed by atoms with Crippen molar-refractivity contribution in [3.8, 4) is 0 Å². The summed E-state index contributed by atoms with van der Waals surface area (Å²) < 4.78 is 5.48. The highest BCUT2D eigenvalue weighted by atomic mass is 16.5. The average Bonchev–Trinajstić information content (AvgIpc) is 3.26. The monoisotopic (exact) mass is 535 g/mol. The van der Waals surface area contributed by atoms with E-state index in [4.69, 9.17) is 4.74 Å². The molecule has 0 N–H and O–H groups in total.